The largest absolute Gasteiger partial charge is 0.340 e. The minimum atomic E-state index is -3.42. The van der Waals surface area contributed by atoms with Crippen molar-refractivity contribution in [2.24, 2.45) is 0 Å². The second-order valence-electron chi connectivity index (χ2n) is 12.1. The van der Waals surface area contributed by atoms with Crippen molar-refractivity contribution in [2.45, 2.75) is 13.8 Å². The number of hydrogen-bond acceptors (Lipinski definition) is 2. The summed E-state index contributed by atoms with van der Waals surface area (Å²) in [6.07, 6.45) is 0. The lowest BCUT2D eigenvalue weighted by atomic mass is 9.34. The van der Waals surface area contributed by atoms with Crippen molar-refractivity contribution >= 4 is 79.3 Å². The molecule has 8 aromatic rings. The molecule has 0 radical (unpaired) electrons. The van der Waals surface area contributed by atoms with Crippen LogP contribution >= 0.6 is 7.14 Å². The Morgan fingerprint density at radius 1 is 0.614 bits per heavy atom. The van der Waals surface area contributed by atoms with E-state index in [4.69, 9.17) is 0 Å². The Balaban J connectivity index is 1.57. The Morgan fingerprint density at radius 3 is 1.98 bits per heavy atom. The van der Waals surface area contributed by atoms with Crippen LogP contribution in [0.2, 0.25) is 0 Å². The molecule has 0 N–H and O–H groups in total. The van der Waals surface area contributed by atoms with E-state index in [9.17, 15) is 4.79 Å². The Bertz CT molecular complexity index is 2680. The standard InChI is InChI=1S/C37H25BN3O2P/c1-22-12-10-13-23(2)31(22)38-27-18-11-21-30-33(27)41-35-32(38)25-16-6-8-19-28(25)39(35)37(42)40-29-20-9-7-17-26(29)34(36(40)41)44(30,43)24-14-4-3-5-15-24/h3-21H,1-2H3. The van der Waals surface area contributed by atoms with E-state index in [1.807, 2.05) is 69.5 Å². The molecule has 5 aromatic carbocycles. The molecule has 5 nitrogen and oxygen atoms in total. The molecule has 0 saturated carbocycles. The van der Waals surface area contributed by atoms with Gasteiger partial charge in [-0.05, 0) is 48.4 Å². The number of hydrogen-bond donors (Lipinski definition) is 0. The summed E-state index contributed by atoms with van der Waals surface area (Å²) in [6.45, 7) is 4.20. The summed E-state index contributed by atoms with van der Waals surface area (Å²) in [5.74, 6) is 0. The molecule has 0 saturated heterocycles. The fourth-order valence-corrected chi connectivity index (χ4v) is 11.5. The second kappa shape index (κ2) is 8.10. The summed E-state index contributed by atoms with van der Waals surface area (Å²) in [7, 11) is -3.42. The highest BCUT2D eigenvalue weighted by atomic mass is 31.2. The summed E-state index contributed by atoms with van der Waals surface area (Å²) >= 11 is 0. The Hall–Kier alpha value is -5.06. The van der Waals surface area contributed by atoms with Crippen LogP contribution in [0.1, 0.15) is 11.1 Å². The first-order valence-corrected chi connectivity index (χ1v) is 16.7. The van der Waals surface area contributed by atoms with Gasteiger partial charge in [0.25, 0.3) is 0 Å². The molecule has 0 fully saturated rings. The number of para-hydroxylation sites is 3. The highest BCUT2D eigenvalue weighted by Gasteiger charge is 2.47. The molecule has 7 heteroatoms. The zero-order valence-corrected chi connectivity index (χ0v) is 25.0. The van der Waals surface area contributed by atoms with Gasteiger partial charge in [0.15, 0.2) is 7.14 Å². The van der Waals surface area contributed by atoms with Gasteiger partial charge < -0.3 is 4.57 Å². The molecule has 44 heavy (non-hydrogen) atoms. The smallest absolute Gasteiger partial charge is 0.308 e. The minimum absolute atomic E-state index is 0.140. The van der Waals surface area contributed by atoms with Crippen molar-refractivity contribution in [3.63, 3.8) is 0 Å². The van der Waals surface area contributed by atoms with Gasteiger partial charge >= 0.3 is 5.69 Å². The SMILES string of the molecule is Cc1cccc(C)c1B1c2cccc3c2-n2c4c1c1ccccc1n4c(=O)n1c4ccccc4c(c21)P3(=O)c1ccccc1. The molecular weight excluding hydrogens is 560 g/mol. The molecule has 0 bridgehead atoms. The molecule has 208 valence electrons. The molecule has 1 atom stereocenters. The van der Waals surface area contributed by atoms with Crippen molar-refractivity contribution in [2.75, 3.05) is 0 Å². The van der Waals surface area contributed by atoms with E-state index in [2.05, 4.69) is 73.0 Å². The number of aryl methyl sites for hydroxylation is 2. The van der Waals surface area contributed by atoms with Crippen LogP contribution in [0.5, 0.6) is 0 Å². The van der Waals surface area contributed by atoms with E-state index in [0.29, 0.717) is 5.65 Å². The van der Waals surface area contributed by atoms with Crippen LogP contribution < -0.4 is 38.0 Å². The van der Waals surface area contributed by atoms with Crippen molar-refractivity contribution < 1.29 is 4.57 Å². The predicted octanol–water partition coefficient (Wildman–Crippen LogP) is 4.05. The molecule has 3 aromatic heterocycles. The third-order valence-corrected chi connectivity index (χ3v) is 13.1. The zero-order valence-electron chi connectivity index (χ0n) is 24.2. The van der Waals surface area contributed by atoms with E-state index in [1.54, 1.807) is 0 Å². The van der Waals surface area contributed by atoms with Crippen LogP contribution in [0.25, 0.3) is 38.8 Å². The molecule has 5 heterocycles. The van der Waals surface area contributed by atoms with Crippen molar-refractivity contribution in [3.05, 3.63) is 137 Å². The lowest BCUT2D eigenvalue weighted by Gasteiger charge is -2.35. The van der Waals surface area contributed by atoms with Crippen LogP contribution in [-0.4, -0.2) is 20.1 Å². The first-order valence-electron chi connectivity index (χ1n) is 15.0. The molecule has 0 aliphatic carbocycles. The van der Waals surface area contributed by atoms with Crippen LogP contribution in [-0.2, 0) is 4.57 Å². The maximum Gasteiger partial charge on any atom is 0.340 e. The Kier molecular flexibility index (Phi) is 4.49. The number of aromatic nitrogens is 3. The summed E-state index contributed by atoms with van der Waals surface area (Å²) < 4.78 is 22.1. The topological polar surface area (TPSA) is 47.9 Å². The summed E-state index contributed by atoms with van der Waals surface area (Å²) in [5, 5.41) is 4.26. The van der Waals surface area contributed by atoms with Gasteiger partial charge in [-0.25, -0.2) is 13.6 Å². The minimum Gasteiger partial charge on any atom is -0.308 e. The maximum absolute atomic E-state index is 16.2. The molecular formula is C37H25BN3O2P. The van der Waals surface area contributed by atoms with Gasteiger partial charge in [0.05, 0.1) is 22.0 Å². The third kappa shape index (κ3) is 2.62. The average molecular weight is 585 g/mol. The van der Waals surface area contributed by atoms with Gasteiger partial charge in [-0.2, -0.15) is 0 Å². The van der Waals surface area contributed by atoms with E-state index in [0.717, 1.165) is 60.0 Å². The fraction of sp³-hybridized carbons (Fsp3) is 0.0541. The maximum atomic E-state index is 16.2. The third-order valence-electron chi connectivity index (χ3n) is 9.99. The highest BCUT2D eigenvalue weighted by molar-refractivity contribution is 7.86. The number of benzene rings is 5. The molecule has 1 unspecified atom stereocenters. The summed E-state index contributed by atoms with van der Waals surface area (Å²) in [4.78, 5) is 14.9. The molecule has 10 rings (SSSR count). The number of nitrogens with zero attached hydrogens (tertiary/aromatic N) is 3. The zero-order chi connectivity index (χ0) is 29.5. The van der Waals surface area contributed by atoms with Crippen molar-refractivity contribution in [1.29, 1.82) is 0 Å². The van der Waals surface area contributed by atoms with Crippen LogP contribution in [0.3, 0.4) is 0 Å². The molecule has 2 aliphatic heterocycles. The number of rotatable bonds is 2. The Morgan fingerprint density at radius 2 is 1.23 bits per heavy atom. The monoisotopic (exact) mass is 585 g/mol. The Labute approximate surface area is 253 Å². The van der Waals surface area contributed by atoms with Gasteiger partial charge in [0.1, 0.15) is 11.3 Å². The highest BCUT2D eigenvalue weighted by Crippen LogP contribution is 2.51. The fourth-order valence-electron chi connectivity index (χ4n) is 8.33. The second-order valence-corrected chi connectivity index (χ2v) is 14.8. The van der Waals surface area contributed by atoms with Crippen LogP contribution in [0.15, 0.2) is 120 Å². The predicted molar refractivity (Wildman–Crippen MR) is 182 cm³/mol. The average Bonchev–Trinajstić information content (AvgIpc) is 3.58. The van der Waals surface area contributed by atoms with E-state index >= 15 is 4.57 Å². The van der Waals surface area contributed by atoms with Gasteiger partial charge in [0, 0.05) is 16.0 Å². The quantitative estimate of drug-likeness (QED) is 0.227. The summed E-state index contributed by atoms with van der Waals surface area (Å²) in [5.41, 5.74) is 9.89. The number of fused-ring (bicyclic) bond motifs is 6. The van der Waals surface area contributed by atoms with Gasteiger partial charge in [-0.1, -0.05) is 114 Å². The molecule has 0 amide bonds. The normalized spacial score (nSPS) is 16.6. The van der Waals surface area contributed by atoms with Gasteiger partial charge in [0.2, 0.25) is 6.71 Å². The first kappa shape index (κ1) is 24.4. The van der Waals surface area contributed by atoms with E-state index in [1.165, 1.54) is 16.6 Å². The van der Waals surface area contributed by atoms with E-state index in [-0.39, 0.29) is 12.4 Å². The van der Waals surface area contributed by atoms with Gasteiger partial charge in [-0.15, -0.1) is 0 Å². The first-order chi connectivity index (χ1) is 21.5. The molecule has 0 spiro atoms. The lowest BCUT2D eigenvalue weighted by Crippen LogP contribution is -2.60. The lowest BCUT2D eigenvalue weighted by molar-refractivity contribution is 0.592. The van der Waals surface area contributed by atoms with E-state index < -0.39 is 7.14 Å². The van der Waals surface area contributed by atoms with Crippen molar-refractivity contribution in [1.82, 2.24) is 13.4 Å². The summed E-state index contributed by atoms with van der Waals surface area (Å²) in [6, 6.07) is 38.8. The van der Waals surface area contributed by atoms with Gasteiger partial charge in [-0.3, -0.25) is 4.57 Å². The van der Waals surface area contributed by atoms with Crippen molar-refractivity contribution in [3.8, 4) is 5.69 Å². The van der Waals surface area contributed by atoms with Crippen LogP contribution in [0.4, 0.5) is 0 Å². The molecule has 2 aliphatic rings. The van der Waals surface area contributed by atoms with Crippen LogP contribution in [0, 0.1) is 13.8 Å².